The zero-order chi connectivity index (χ0) is 17.0. The van der Waals surface area contributed by atoms with Crippen molar-refractivity contribution in [3.63, 3.8) is 0 Å². The van der Waals surface area contributed by atoms with Crippen molar-refractivity contribution in [1.82, 2.24) is 5.32 Å². The molecule has 3 N–H and O–H groups in total. The van der Waals surface area contributed by atoms with Gasteiger partial charge in [-0.3, -0.25) is 4.79 Å². The van der Waals surface area contributed by atoms with Gasteiger partial charge in [0.25, 0.3) is 0 Å². The summed E-state index contributed by atoms with van der Waals surface area (Å²) < 4.78 is 0. The number of aliphatic hydroxyl groups excluding tert-OH is 1. The van der Waals surface area contributed by atoms with E-state index in [-0.39, 0.29) is 12.5 Å². The molecule has 1 unspecified atom stereocenters. The fourth-order valence-electron chi connectivity index (χ4n) is 3.43. The van der Waals surface area contributed by atoms with E-state index < -0.39 is 5.54 Å². The molecule has 4 nitrogen and oxygen atoms in total. The van der Waals surface area contributed by atoms with E-state index in [1.807, 2.05) is 43.3 Å². The van der Waals surface area contributed by atoms with Crippen molar-refractivity contribution in [2.45, 2.75) is 31.7 Å². The smallest absolute Gasteiger partial charge is 0.225 e. The summed E-state index contributed by atoms with van der Waals surface area (Å²) in [6.07, 6.45) is 2.19. The Morgan fingerprint density at radius 2 is 1.92 bits per heavy atom. The fraction of sp³-hybridized carbons (Fsp3) is 0.350. The number of benzene rings is 2. The maximum atomic E-state index is 12.2. The van der Waals surface area contributed by atoms with Gasteiger partial charge in [0.05, 0.1) is 12.1 Å². The summed E-state index contributed by atoms with van der Waals surface area (Å²) in [5, 5.41) is 16.3. The third-order valence-electron chi connectivity index (χ3n) is 4.86. The molecular formula is C20H24N2O2. The minimum atomic E-state index is -0.417. The van der Waals surface area contributed by atoms with Gasteiger partial charge >= 0.3 is 0 Å². The second-order valence-corrected chi connectivity index (χ2v) is 6.44. The summed E-state index contributed by atoms with van der Waals surface area (Å²) >= 11 is 0. The summed E-state index contributed by atoms with van der Waals surface area (Å²) in [7, 11) is 0. The van der Waals surface area contributed by atoms with Gasteiger partial charge in [-0.2, -0.15) is 0 Å². The van der Waals surface area contributed by atoms with Crippen LogP contribution in [0.4, 0.5) is 5.69 Å². The van der Waals surface area contributed by atoms with Crippen molar-refractivity contribution in [3.8, 4) is 0 Å². The van der Waals surface area contributed by atoms with Crippen LogP contribution < -0.4 is 10.6 Å². The number of aliphatic hydroxyl groups is 1. The lowest BCUT2D eigenvalue weighted by molar-refractivity contribution is -0.116. The zero-order valence-corrected chi connectivity index (χ0v) is 14.0. The van der Waals surface area contributed by atoms with Crippen LogP contribution in [-0.2, 0) is 16.8 Å². The number of carbonyl (C=O) groups is 1. The first-order valence-electron chi connectivity index (χ1n) is 8.44. The Morgan fingerprint density at radius 1 is 1.17 bits per heavy atom. The van der Waals surface area contributed by atoms with E-state index in [9.17, 15) is 9.90 Å². The number of hydrogen-bond donors (Lipinski definition) is 3. The predicted molar refractivity (Wildman–Crippen MR) is 96.0 cm³/mol. The fourth-order valence-corrected chi connectivity index (χ4v) is 3.43. The Morgan fingerprint density at radius 3 is 2.71 bits per heavy atom. The van der Waals surface area contributed by atoms with Gasteiger partial charge in [-0.1, -0.05) is 42.5 Å². The minimum absolute atomic E-state index is 0.0174. The third-order valence-corrected chi connectivity index (χ3v) is 4.86. The quantitative estimate of drug-likeness (QED) is 0.766. The highest BCUT2D eigenvalue weighted by Gasteiger charge is 2.37. The molecule has 24 heavy (non-hydrogen) atoms. The van der Waals surface area contributed by atoms with Crippen LogP contribution >= 0.6 is 0 Å². The first-order chi connectivity index (χ1) is 11.6. The molecule has 0 saturated carbocycles. The molecule has 0 spiro atoms. The van der Waals surface area contributed by atoms with E-state index in [4.69, 9.17) is 0 Å². The van der Waals surface area contributed by atoms with Gasteiger partial charge in [-0.15, -0.1) is 0 Å². The molecule has 1 aliphatic rings. The van der Waals surface area contributed by atoms with E-state index in [1.54, 1.807) is 0 Å². The second kappa shape index (κ2) is 7.16. The molecular weight excluding hydrogens is 300 g/mol. The average molecular weight is 324 g/mol. The van der Waals surface area contributed by atoms with Crippen LogP contribution in [0.15, 0.2) is 48.5 Å². The number of amides is 1. The molecule has 3 rings (SSSR count). The van der Waals surface area contributed by atoms with Gasteiger partial charge in [0.15, 0.2) is 0 Å². The minimum Gasteiger partial charge on any atom is -0.394 e. The SMILES string of the molecule is Cc1ccccc1NC(=O)CCNC1(CO)CCc2ccccc21. The Balaban J connectivity index is 1.58. The van der Waals surface area contributed by atoms with Crippen molar-refractivity contribution < 1.29 is 9.90 Å². The molecule has 0 radical (unpaired) electrons. The van der Waals surface area contributed by atoms with Crippen LogP contribution in [0, 0.1) is 6.92 Å². The Hall–Kier alpha value is -2.17. The maximum absolute atomic E-state index is 12.2. The lowest BCUT2D eigenvalue weighted by Gasteiger charge is -2.29. The van der Waals surface area contributed by atoms with E-state index in [2.05, 4.69) is 22.8 Å². The molecule has 0 bridgehead atoms. The number of nitrogens with one attached hydrogen (secondary N) is 2. The summed E-state index contributed by atoms with van der Waals surface area (Å²) in [6, 6.07) is 16.0. The number of hydrogen-bond acceptors (Lipinski definition) is 3. The lowest BCUT2D eigenvalue weighted by atomic mass is 9.92. The number of fused-ring (bicyclic) bond motifs is 1. The van der Waals surface area contributed by atoms with Gasteiger partial charge in [0, 0.05) is 18.7 Å². The van der Waals surface area contributed by atoms with Crippen LogP contribution in [0.2, 0.25) is 0 Å². The second-order valence-electron chi connectivity index (χ2n) is 6.44. The molecule has 0 saturated heterocycles. The first kappa shape index (κ1) is 16.7. The number of carbonyl (C=O) groups excluding carboxylic acids is 1. The van der Waals surface area contributed by atoms with Gasteiger partial charge in [0.2, 0.25) is 5.91 Å². The molecule has 0 aliphatic heterocycles. The molecule has 4 heteroatoms. The lowest BCUT2D eigenvalue weighted by Crippen LogP contribution is -2.45. The number of para-hydroxylation sites is 1. The summed E-state index contributed by atoms with van der Waals surface area (Å²) in [5.41, 5.74) is 3.93. The number of rotatable bonds is 6. The van der Waals surface area contributed by atoms with Crippen LogP contribution in [0.1, 0.15) is 29.5 Å². The van der Waals surface area contributed by atoms with Gasteiger partial charge < -0.3 is 15.7 Å². The summed E-state index contributed by atoms with van der Waals surface area (Å²) in [4.78, 5) is 12.2. The highest BCUT2D eigenvalue weighted by Crippen LogP contribution is 2.36. The normalized spacial score (nSPS) is 19.1. The average Bonchev–Trinajstić information content (AvgIpc) is 2.97. The molecule has 0 heterocycles. The third kappa shape index (κ3) is 3.35. The monoisotopic (exact) mass is 324 g/mol. The van der Waals surface area contributed by atoms with Crippen LogP contribution in [0.5, 0.6) is 0 Å². The molecule has 1 atom stereocenters. The number of aryl methyl sites for hydroxylation is 2. The van der Waals surface area contributed by atoms with Gasteiger partial charge in [-0.25, -0.2) is 0 Å². The van der Waals surface area contributed by atoms with E-state index >= 15 is 0 Å². The van der Waals surface area contributed by atoms with Crippen molar-refractivity contribution in [2.24, 2.45) is 0 Å². The molecule has 2 aromatic rings. The van der Waals surface area contributed by atoms with Crippen molar-refractivity contribution in [1.29, 1.82) is 0 Å². The molecule has 0 aromatic heterocycles. The van der Waals surface area contributed by atoms with E-state index in [1.165, 1.54) is 5.56 Å². The Bertz CT molecular complexity index is 729. The van der Waals surface area contributed by atoms with E-state index in [0.29, 0.717) is 13.0 Å². The Kier molecular flexibility index (Phi) is 4.97. The van der Waals surface area contributed by atoms with Crippen molar-refractivity contribution in [3.05, 3.63) is 65.2 Å². The molecule has 2 aromatic carbocycles. The summed E-state index contributed by atoms with van der Waals surface area (Å²) in [5.74, 6) is -0.0174. The van der Waals surface area contributed by atoms with E-state index in [0.717, 1.165) is 29.7 Å². The van der Waals surface area contributed by atoms with Crippen molar-refractivity contribution >= 4 is 11.6 Å². The maximum Gasteiger partial charge on any atom is 0.225 e. The van der Waals surface area contributed by atoms with Crippen LogP contribution in [0.3, 0.4) is 0 Å². The van der Waals surface area contributed by atoms with Crippen LogP contribution in [0.25, 0.3) is 0 Å². The topological polar surface area (TPSA) is 61.4 Å². The highest BCUT2D eigenvalue weighted by molar-refractivity contribution is 5.91. The van der Waals surface area contributed by atoms with Gasteiger partial charge in [-0.05, 0) is 42.5 Å². The number of anilines is 1. The Labute approximate surface area is 142 Å². The molecule has 1 amide bonds. The highest BCUT2D eigenvalue weighted by atomic mass is 16.3. The van der Waals surface area contributed by atoms with Gasteiger partial charge in [0.1, 0.15) is 0 Å². The molecule has 1 aliphatic carbocycles. The first-order valence-corrected chi connectivity index (χ1v) is 8.44. The molecule has 126 valence electrons. The zero-order valence-electron chi connectivity index (χ0n) is 14.0. The summed E-state index contributed by atoms with van der Waals surface area (Å²) in [6.45, 7) is 2.56. The predicted octanol–water partition coefficient (Wildman–Crippen LogP) is 2.75. The molecule has 0 fully saturated rings. The standard InChI is InChI=1S/C20H24N2O2/c1-15-6-2-5-9-18(15)22-19(24)11-13-21-20(14-23)12-10-16-7-3-4-8-17(16)20/h2-9,21,23H,10-14H2,1H3,(H,22,24). The van der Waals surface area contributed by atoms with Crippen LogP contribution in [-0.4, -0.2) is 24.2 Å². The van der Waals surface area contributed by atoms with Crippen molar-refractivity contribution in [2.75, 3.05) is 18.5 Å². The largest absolute Gasteiger partial charge is 0.394 e.